The average molecular weight is 264 g/mol. The Balaban J connectivity index is 1.88. The van der Waals surface area contributed by atoms with Crippen molar-refractivity contribution in [2.75, 3.05) is 0 Å². The van der Waals surface area contributed by atoms with Gasteiger partial charge in [0.15, 0.2) is 0 Å². The lowest BCUT2D eigenvalue weighted by molar-refractivity contribution is 0.397. The van der Waals surface area contributed by atoms with Gasteiger partial charge in [0.05, 0.1) is 12.3 Å². The van der Waals surface area contributed by atoms with Crippen molar-refractivity contribution < 1.29 is 4.42 Å². The van der Waals surface area contributed by atoms with Crippen molar-refractivity contribution in [1.82, 2.24) is 5.32 Å². The van der Waals surface area contributed by atoms with E-state index in [0.29, 0.717) is 6.04 Å². The summed E-state index contributed by atoms with van der Waals surface area (Å²) in [4.78, 5) is 0. The maximum absolute atomic E-state index is 5.87. The summed E-state index contributed by atoms with van der Waals surface area (Å²) in [5.41, 5.74) is 1.28. The predicted molar refractivity (Wildman–Crippen MR) is 74.9 cm³/mol. The van der Waals surface area contributed by atoms with Crippen LogP contribution in [-0.2, 0) is 6.42 Å². The lowest BCUT2D eigenvalue weighted by Gasteiger charge is -2.18. The minimum Gasteiger partial charge on any atom is -0.468 e. The number of hydrogen-bond acceptors (Lipinski definition) is 2. The number of nitrogens with one attached hydrogen (secondary N) is 1. The zero-order valence-corrected chi connectivity index (χ0v) is 11.4. The minimum absolute atomic E-state index is 0.224. The summed E-state index contributed by atoms with van der Waals surface area (Å²) >= 11 is 5.87. The monoisotopic (exact) mass is 263 g/mol. The summed E-state index contributed by atoms with van der Waals surface area (Å²) in [6, 6.07) is 12.5. The van der Waals surface area contributed by atoms with E-state index in [9.17, 15) is 0 Å². The van der Waals surface area contributed by atoms with Crippen LogP contribution in [0.15, 0.2) is 47.1 Å². The highest BCUT2D eigenvalue weighted by Gasteiger charge is 2.11. The van der Waals surface area contributed by atoms with Gasteiger partial charge in [-0.15, -0.1) is 0 Å². The van der Waals surface area contributed by atoms with Gasteiger partial charge in [-0.25, -0.2) is 0 Å². The van der Waals surface area contributed by atoms with Gasteiger partial charge in [-0.3, -0.25) is 0 Å². The van der Waals surface area contributed by atoms with Gasteiger partial charge in [0.2, 0.25) is 0 Å². The van der Waals surface area contributed by atoms with Gasteiger partial charge in [0, 0.05) is 11.1 Å². The highest BCUT2D eigenvalue weighted by Crippen LogP contribution is 2.15. The summed E-state index contributed by atoms with van der Waals surface area (Å²) in [5, 5.41) is 4.30. The van der Waals surface area contributed by atoms with Crippen LogP contribution in [0, 0.1) is 0 Å². The van der Waals surface area contributed by atoms with E-state index in [1.807, 2.05) is 24.3 Å². The van der Waals surface area contributed by atoms with Crippen LogP contribution in [0.3, 0.4) is 0 Å². The quantitative estimate of drug-likeness (QED) is 0.874. The van der Waals surface area contributed by atoms with Crippen molar-refractivity contribution >= 4 is 11.6 Å². The van der Waals surface area contributed by atoms with Crippen LogP contribution in [0.4, 0.5) is 0 Å². The Kier molecular flexibility index (Phi) is 4.45. The molecule has 0 aliphatic heterocycles. The minimum atomic E-state index is 0.224. The molecule has 0 saturated heterocycles. The van der Waals surface area contributed by atoms with Crippen LogP contribution in [-0.4, -0.2) is 6.04 Å². The highest BCUT2D eigenvalue weighted by molar-refractivity contribution is 6.30. The molecule has 0 aliphatic carbocycles. The van der Waals surface area contributed by atoms with Gasteiger partial charge in [0.25, 0.3) is 0 Å². The van der Waals surface area contributed by atoms with E-state index in [4.69, 9.17) is 16.0 Å². The second-order valence-electron chi connectivity index (χ2n) is 4.64. The molecule has 18 heavy (non-hydrogen) atoms. The molecule has 1 aromatic carbocycles. The van der Waals surface area contributed by atoms with E-state index in [-0.39, 0.29) is 6.04 Å². The summed E-state index contributed by atoms with van der Waals surface area (Å²) in [5.74, 6) is 0.970. The second kappa shape index (κ2) is 6.07. The molecule has 2 nitrogen and oxygen atoms in total. The third-order valence-corrected chi connectivity index (χ3v) is 3.21. The van der Waals surface area contributed by atoms with Crippen molar-refractivity contribution in [3.8, 4) is 0 Å². The van der Waals surface area contributed by atoms with Gasteiger partial charge >= 0.3 is 0 Å². The molecular formula is C15H18ClNO. The van der Waals surface area contributed by atoms with Gasteiger partial charge in [0.1, 0.15) is 5.76 Å². The molecule has 0 bridgehead atoms. The second-order valence-corrected chi connectivity index (χ2v) is 5.07. The Morgan fingerprint density at radius 1 is 1.17 bits per heavy atom. The van der Waals surface area contributed by atoms with Gasteiger partial charge in [-0.2, -0.15) is 0 Å². The predicted octanol–water partition coefficient (Wildman–Crippen LogP) is 4.21. The van der Waals surface area contributed by atoms with Crippen molar-refractivity contribution in [3.05, 3.63) is 59.0 Å². The van der Waals surface area contributed by atoms with Crippen LogP contribution in [0.5, 0.6) is 0 Å². The lowest BCUT2D eigenvalue weighted by atomic mass is 10.1. The van der Waals surface area contributed by atoms with Crippen LogP contribution in [0.25, 0.3) is 0 Å². The Bertz CT molecular complexity index is 464. The van der Waals surface area contributed by atoms with Crippen molar-refractivity contribution in [2.45, 2.75) is 32.4 Å². The summed E-state index contributed by atoms with van der Waals surface area (Å²) in [7, 11) is 0. The molecular weight excluding hydrogens is 246 g/mol. The first-order valence-electron chi connectivity index (χ1n) is 6.19. The zero-order valence-electron chi connectivity index (χ0n) is 10.7. The summed E-state index contributed by atoms with van der Waals surface area (Å²) in [6.45, 7) is 4.28. The van der Waals surface area contributed by atoms with Gasteiger partial charge < -0.3 is 9.73 Å². The molecule has 0 amide bonds. The molecule has 96 valence electrons. The van der Waals surface area contributed by atoms with E-state index in [1.165, 1.54) is 5.56 Å². The number of halogens is 1. The molecule has 3 heteroatoms. The fourth-order valence-electron chi connectivity index (χ4n) is 2.08. The van der Waals surface area contributed by atoms with Crippen LogP contribution < -0.4 is 5.32 Å². The molecule has 0 saturated carbocycles. The standard InChI is InChI=1S/C15H18ClNO/c1-11(10-13-5-7-14(16)8-6-13)17-12(2)15-4-3-9-18-15/h3-9,11-12,17H,10H2,1-2H3/t11?,12-/m0/s1. The van der Waals surface area contributed by atoms with E-state index in [2.05, 4.69) is 31.3 Å². The maximum Gasteiger partial charge on any atom is 0.120 e. The number of benzene rings is 1. The number of rotatable bonds is 5. The Hall–Kier alpha value is -1.25. The highest BCUT2D eigenvalue weighted by atomic mass is 35.5. The third-order valence-electron chi connectivity index (χ3n) is 2.96. The largest absolute Gasteiger partial charge is 0.468 e. The molecule has 2 aromatic rings. The molecule has 1 aromatic heterocycles. The Labute approximate surface area is 113 Å². The van der Waals surface area contributed by atoms with Crippen LogP contribution in [0.1, 0.15) is 31.2 Å². The van der Waals surface area contributed by atoms with Crippen LogP contribution >= 0.6 is 11.6 Å². The molecule has 0 fully saturated rings. The zero-order chi connectivity index (χ0) is 13.0. The molecule has 1 unspecified atom stereocenters. The van der Waals surface area contributed by atoms with Crippen molar-refractivity contribution in [2.24, 2.45) is 0 Å². The smallest absolute Gasteiger partial charge is 0.120 e. The van der Waals surface area contributed by atoms with E-state index in [1.54, 1.807) is 6.26 Å². The van der Waals surface area contributed by atoms with E-state index >= 15 is 0 Å². The first-order chi connectivity index (χ1) is 8.65. The van der Waals surface area contributed by atoms with E-state index < -0.39 is 0 Å². The molecule has 1 N–H and O–H groups in total. The molecule has 0 spiro atoms. The fraction of sp³-hybridized carbons (Fsp3) is 0.333. The van der Waals surface area contributed by atoms with Crippen LogP contribution in [0.2, 0.25) is 5.02 Å². The normalized spacial score (nSPS) is 14.4. The van der Waals surface area contributed by atoms with E-state index in [0.717, 1.165) is 17.2 Å². The van der Waals surface area contributed by atoms with Crippen molar-refractivity contribution in [1.29, 1.82) is 0 Å². The number of hydrogen-bond donors (Lipinski definition) is 1. The molecule has 2 atom stereocenters. The first kappa shape index (κ1) is 13.2. The average Bonchev–Trinajstić information content (AvgIpc) is 2.85. The number of furan rings is 1. The topological polar surface area (TPSA) is 25.2 Å². The molecule has 1 heterocycles. The lowest BCUT2D eigenvalue weighted by Crippen LogP contribution is -2.30. The molecule has 2 rings (SSSR count). The maximum atomic E-state index is 5.87. The summed E-state index contributed by atoms with van der Waals surface area (Å²) < 4.78 is 5.38. The van der Waals surface area contributed by atoms with Gasteiger partial charge in [-0.1, -0.05) is 23.7 Å². The molecule has 0 radical (unpaired) electrons. The summed E-state index contributed by atoms with van der Waals surface area (Å²) in [6.07, 6.45) is 2.68. The molecule has 0 aliphatic rings. The fourth-order valence-corrected chi connectivity index (χ4v) is 2.21. The first-order valence-corrected chi connectivity index (χ1v) is 6.57. The third kappa shape index (κ3) is 3.62. The Morgan fingerprint density at radius 2 is 1.89 bits per heavy atom. The van der Waals surface area contributed by atoms with Gasteiger partial charge in [-0.05, 0) is 50.1 Å². The Morgan fingerprint density at radius 3 is 2.50 bits per heavy atom. The van der Waals surface area contributed by atoms with Crippen molar-refractivity contribution in [3.63, 3.8) is 0 Å². The SMILES string of the molecule is CC(Cc1ccc(Cl)cc1)N[C@@H](C)c1ccco1.